The van der Waals surface area contributed by atoms with Crippen molar-refractivity contribution in [2.45, 2.75) is 12.5 Å². The molecule has 1 aromatic heterocycles. The first-order valence-corrected chi connectivity index (χ1v) is 4.25. The first kappa shape index (κ1) is 7.50. The summed E-state index contributed by atoms with van der Waals surface area (Å²) >= 11 is 0. The van der Waals surface area contributed by atoms with Crippen molar-refractivity contribution in [3.05, 3.63) is 42.2 Å². The third kappa shape index (κ3) is 1.53. The van der Waals surface area contributed by atoms with Gasteiger partial charge in [-0.1, -0.05) is 18.2 Å². The molecule has 2 nitrogen and oxygen atoms in total. The van der Waals surface area contributed by atoms with E-state index in [4.69, 9.17) is 0 Å². The fourth-order valence-electron chi connectivity index (χ4n) is 1.45. The van der Waals surface area contributed by atoms with Crippen LogP contribution < -0.4 is 5.32 Å². The van der Waals surface area contributed by atoms with E-state index in [1.165, 1.54) is 5.56 Å². The Bertz CT molecular complexity index is 266. The Hall–Kier alpha value is -1.15. The van der Waals surface area contributed by atoms with Gasteiger partial charge in [-0.3, -0.25) is 4.98 Å². The van der Waals surface area contributed by atoms with E-state index < -0.39 is 0 Å². The van der Waals surface area contributed by atoms with Crippen molar-refractivity contribution in [1.82, 2.24) is 10.3 Å². The molecule has 2 heterocycles. The molecule has 0 aromatic carbocycles. The molecule has 1 atom stereocenters. The Morgan fingerprint density at radius 2 is 2.42 bits per heavy atom. The average Bonchev–Trinajstić information content (AvgIpc) is 2.21. The summed E-state index contributed by atoms with van der Waals surface area (Å²) in [6.07, 6.45) is 9.19. The van der Waals surface area contributed by atoms with E-state index in [9.17, 15) is 0 Å². The molecule has 1 aliphatic rings. The molecule has 0 saturated heterocycles. The monoisotopic (exact) mass is 160 g/mol. The molecule has 1 N–H and O–H groups in total. The third-order valence-corrected chi connectivity index (χ3v) is 2.11. The van der Waals surface area contributed by atoms with Crippen molar-refractivity contribution in [3.8, 4) is 0 Å². The van der Waals surface area contributed by atoms with Gasteiger partial charge in [0, 0.05) is 25.0 Å². The molecule has 2 heteroatoms. The topological polar surface area (TPSA) is 24.9 Å². The van der Waals surface area contributed by atoms with Gasteiger partial charge < -0.3 is 5.32 Å². The minimum Gasteiger partial charge on any atom is -0.306 e. The second-order valence-electron chi connectivity index (χ2n) is 2.95. The minimum absolute atomic E-state index is 0.462. The van der Waals surface area contributed by atoms with Gasteiger partial charge in [-0.15, -0.1) is 0 Å². The normalized spacial score (nSPS) is 22.5. The largest absolute Gasteiger partial charge is 0.306 e. The highest BCUT2D eigenvalue weighted by Crippen LogP contribution is 2.17. The molecule has 0 fully saturated rings. The molecule has 1 unspecified atom stereocenters. The lowest BCUT2D eigenvalue weighted by Crippen LogP contribution is -2.23. The molecule has 0 aliphatic carbocycles. The summed E-state index contributed by atoms with van der Waals surface area (Å²) in [7, 11) is 0. The number of nitrogens with zero attached hydrogens (tertiary/aromatic N) is 1. The van der Waals surface area contributed by atoms with Gasteiger partial charge in [0.25, 0.3) is 0 Å². The zero-order chi connectivity index (χ0) is 8.23. The van der Waals surface area contributed by atoms with Crippen molar-refractivity contribution < 1.29 is 0 Å². The predicted molar refractivity (Wildman–Crippen MR) is 48.7 cm³/mol. The van der Waals surface area contributed by atoms with Crippen molar-refractivity contribution in [2.75, 3.05) is 6.54 Å². The maximum absolute atomic E-state index is 4.10. The zero-order valence-electron chi connectivity index (χ0n) is 6.90. The van der Waals surface area contributed by atoms with E-state index in [2.05, 4.69) is 28.5 Å². The minimum atomic E-state index is 0.462. The molecule has 1 aliphatic heterocycles. The lowest BCUT2D eigenvalue weighted by Gasteiger charge is -2.19. The molecule has 1 aromatic rings. The summed E-state index contributed by atoms with van der Waals surface area (Å²) in [6, 6.07) is 4.56. The molecule has 0 saturated carbocycles. The summed E-state index contributed by atoms with van der Waals surface area (Å²) < 4.78 is 0. The molecule has 0 spiro atoms. The average molecular weight is 160 g/mol. The highest BCUT2D eigenvalue weighted by Gasteiger charge is 2.10. The van der Waals surface area contributed by atoms with E-state index in [0.717, 1.165) is 13.0 Å². The number of pyridine rings is 1. The zero-order valence-corrected chi connectivity index (χ0v) is 6.90. The summed E-state index contributed by atoms with van der Waals surface area (Å²) in [5.74, 6) is 0. The molecular formula is C10H12N2. The Morgan fingerprint density at radius 3 is 3.08 bits per heavy atom. The van der Waals surface area contributed by atoms with Crippen LogP contribution in [0.5, 0.6) is 0 Å². The standard InChI is InChI=1S/C10H12N2/c1-2-7-12-10(5-1)9-4-3-6-11-8-9/h1-4,6,8,10,12H,5,7H2. The Labute approximate surface area is 72.3 Å². The van der Waals surface area contributed by atoms with Crippen LogP contribution in [0.4, 0.5) is 0 Å². The van der Waals surface area contributed by atoms with Gasteiger partial charge in [0.15, 0.2) is 0 Å². The van der Waals surface area contributed by atoms with Crippen LogP contribution >= 0.6 is 0 Å². The number of hydrogen-bond acceptors (Lipinski definition) is 2. The molecule has 12 heavy (non-hydrogen) atoms. The number of nitrogens with one attached hydrogen (secondary N) is 1. The first-order chi connectivity index (χ1) is 5.97. The molecule has 0 bridgehead atoms. The van der Waals surface area contributed by atoms with Crippen molar-refractivity contribution in [3.63, 3.8) is 0 Å². The predicted octanol–water partition coefficient (Wildman–Crippen LogP) is 1.67. The van der Waals surface area contributed by atoms with Gasteiger partial charge in [0.05, 0.1) is 0 Å². The van der Waals surface area contributed by atoms with Gasteiger partial charge in [-0.25, -0.2) is 0 Å². The van der Waals surface area contributed by atoms with Crippen molar-refractivity contribution in [2.24, 2.45) is 0 Å². The fraction of sp³-hybridized carbons (Fsp3) is 0.300. The van der Waals surface area contributed by atoms with Gasteiger partial charge in [-0.05, 0) is 18.1 Å². The molecule has 2 rings (SSSR count). The van der Waals surface area contributed by atoms with Crippen LogP contribution in [-0.4, -0.2) is 11.5 Å². The number of hydrogen-bond donors (Lipinski definition) is 1. The van der Waals surface area contributed by atoms with Crippen LogP contribution in [0.15, 0.2) is 36.7 Å². The van der Waals surface area contributed by atoms with Crippen LogP contribution in [0.25, 0.3) is 0 Å². The second kappa shape index (κ2) is 3.50. The van der Waals surface area contributed by atoms with Gasteiger partial charge >= 0.3 is 0 Å². The second-order valence-corrected chi connectivity index (χ2v) is 2.95. The Balaban J connectivity index is 2.15. The van der Waals surface area contributed by atoms with E-state index in [-0.39, 0.29) is 0 Å². The van der Waals surface area contributed by atoms with Gasteiger partial charge in [0.2, 0.25) is 0 Å². The summed E-state index contributed by atoms with van der Waals surface area (Å²) in [6.45, 7) is 0.972. The number of aromatic nitrogens is 1. The third-order valence-electron chi connectivity index (χ3n) is 2.11. The van der Waals surface area contributed by atoms with E-state index in [1.54, 1.807) is 0 Å². The van der Waals surface area contributed by atoms with E-state index in [1.807, 2.05) is 18.5 Å². The van der Waals surface area contributed by atoms with E-state index in [0.29, 0.717) is 6.04 Å². The SMILES string of the molecule is C1=CCC(c2cccnc2)NC1. The van der Waals surface area contributed by atoms with Gasteiger partial charge in [-0.2, -0.15) is 0 Å². The smallest absolute Gasteiger partial charge is 0.0372 e. The highest BCUT2D eigenvalue weighted by molar-refractivity contribution is 5.16. The maximum Gasteiger partial charge on any atom is 0.0372 e. The lowest BCUT2D eigenvalue weighted by molar-refractivity contribution is 0.553. The Kier molecular flexibility index (Phi) is 2.19. The van der Waals surface area contributed by atoms with Crippen LogP contribution in [0.2, 0.25) is 0 Å². The molecule has 62 valence electrons. The van der Waals surface area contributed by atoms with Crippen molar-refractivity contribution in [1.29, 1.82) is 0 Å². The maximum atomic E-state index is 4.10. The van der Waals surface area contributed by atoms with Crippen LogP contribution in [0.1, 0.15) is 18.0 Å². The molecule has 0 amide bonds. The first-order valence-electron chi connectivity index (χ1n) is 4.25. The summed E-state index contributed by atoms with van der Waals surface area (Å²) in [5, 5.41) is 3.41. The summed E-state index contributed by atoms with van der Waals surface area (Å²) in [4.78, 5) is 4.10. The number of rotatable bonds is 1. The fourth-order valence-corrected chi connectivity index (χ4v) is 1.45. The van der Waals surface area contributed by atoms with E-state index >= 15 is 0 Å². The lowest BCUT2D eigenvalue weighted by atomic mass is 10.0. The quantitative estimate of drug-likeness (QED) is 0.632. The Morgan fingerprint density at radius 1 is 1.42 bits per heavy atom. The van der Waals surface area contributed by atoms with Crippen LogP contribution in [0.3, 0.4) is 0 Å². The van der Waals surface area contributed by atoms with Crippen LogP contribution in [0, 0.1) is 0 Å². The van der Waals surface area contributed by atoms with Crippen LogP contribution in [-0.2, 0) is 0 Å². The van der Waals surface area contributed by atoms with Crippen molar-refractivity contribution >= 4 is 0 Å². The molecular weight excluding hydrogens is 148 g/mol. The van der Waals surface area contributed by atoms with Gasteiger partial charge in [0.1, 0.15) is 0 Å². The molecule has 0 radical (unpaired) electrons. The highest BCUT2D eigenvalue weighted by atomic mass is 14.9. The summed E-state index contributed by atoms with van der Waals surface area (Å²) in [5.41, 5.74) is 1.28.